The van der Waals surface area contributed by atoms with Crippen molar-refractivity contribution in [1.29, 1.82) is 0 Å². The fourth-order valence-electron chi connectivity index (χ4n) is 3.46. The molecule has 0 spiro atoms. The van der Waals surface area contributed by atoms with E-state index in [-0.39, 0.29) is 0 Å². The first kappa shape index (κ1) is 14.4. The summed E-state index contributed by atoms with van der Waals surface area (Å²) in [5, 5.41) is 3.68. The van der Waals surface area contributed by atoms with Crippen LogP contribution in [0.4, 0.5) is 0 Å². The second-order valence-electron chi connectivity index (χ2n) is 5.81. The topological polar surface area (TPSA) is 21.3 Å². The van der Waals surface area contributed by atoms with Gasteiger partial charge in [0, 0.05) is 11.6 Å². The average Bonchev–Trinajstić information content (AvgIpc) is 2.45. The maximum atomic E-state index is 5.55. The van der Waals surface area contributed by atoms with Gasteiger partial charge in [-0.1, -0.05) is 44.9 Å². The third kappa shape index (κ3) is 3.50. The van der Waals surface area contributed by atoms with Gasteiger partial charge < -0.3 is 10.1 Å². The monoisotopic (exact) mass is 261 g/mol. The normalized spacial score (nSPS) is 25.0. The summed E-state index contributed by atoms with van der Waals surface area (Å²) < 4.78 is 5.55. The van der Waals surface area contributed by atoms with E-state index < -0.39 is 0 Å². The summed E-state index contributed by atoms with van der Waals surface area (Å²) in [6.07, 6.45) is 5.42. The third-order valence-electron chi connectivity index (χ3n) is 4.35. The zero-order valence-electron chi connectivity index (χ0n) is 12.5. The molecule has 106 valence electrons. The number of hydrogen-bond donors (Lipinski definition) is 1. The summed E-state index contributed by atoms with van der Waals surface area (Å²) in [6, 6.07) is 8.89. The van der Waals surface area contributed by atoms with E-state index in [9.17, 15) is 0 Å². The van der Waals surface area contributed by atoms with E-state index in [1.807, 2.05) is 0 Å². The Kier molecular flexibility index (Phi) is 5.26. The van der Waals surface area contributed by atoms with E-state index in [2.05, 4.69) is 43.4 Å². The van der Waals surface area contributed by atoms with Crippen molar-refractivity contribution in [3.8, 4) is 5.75 Å². The van der Waals surface area contributed by atoms with Crippen LogP contribution in [0.1, 0.15) is 51.1 Å². The van der Waals surface area contributed by atoms with E-state index in [1.54, 1.807) is 7.11 Å². The third-order valence-corrected chi connectivity index (χ3v) is 4.35. The summed E-state index contributed by atoms with van der Waals surface area (Å²) in [5.74, 6) is 2.61. The van der Waals surface area contributed by atoms with Gasteiger partial charge in [-0.15, -0.1) is 0 Å². The Hall–Kier alpha value is -1.02. The van der Waals surface area contributed by atoms with Gasteiger partial charge in [0.05, 0.1) is 7.11 Å². The molecule has 0 heterocycles. The molecular weight excluding hydrogens is 234 g/mol. The molecule has 2 nitrogen and oxygen atoms in total. The van der Waals surface area contributed by atoms with Crippen molar-refractivity contribution in [2.45, 2.75) is 45.6 Å². The Bertz CT molecular complexity index is 391. The minimum absolute atomic E-state index is 0.434. The molecule has 2 heteroatoms. The van der Waals surface area contributed by atoms with Crippen molar-refractivity contribution in [2.75, 3.05) is 13.7 Å². The minimum atomic E-state index is 0.434. The predicted octanol–water partition coefficient (Wildman–Crippen LogP) is 4.17. The molecule has 1 N–H and O–H groups in total. The van der Waals surface area contributed by atoms with E-state index in [0.717, 1.165) is 24.1 Å². The number of rotatable bonds is 5. The van der Waals surface area contributed by atoms with Crippen LogP contribution in [0, 0.1) is 11.8 Å². The fourth-order valence-corrected chi connectivity index (χ4v) is 3.46. The molecule has 1 aromatic rings. The second-order valence-corrected chi connectivity index (χ2v) is 5.81. The number of nitrogens with one attached hydrogen (secondary N) is 1. The molecule has 1 saturated carbocycles. The van der Waals surface area contributed by atoms with Crippen LogP contribution < -0.4 is 10.1 Å². The molecule has 0 amide bonds. The highest BCUT2D eigenvalue weighted by atomic mass is 16.5. The van der Waals surface area contributed by atoms with E-state index in [0.29, 0.717) is 6.04 Å². The Morgan fingerprint density at radius 3 is 2.79 bits per heavy atom. The van der Waals surface area contributed by atoms with Gasteiger partial charge in [-0.05, 0) is 37.3 Å². The lowest BCUT2D eigenvalue weighted by molar-refractivity contribution is 0.222. The highest BCUT2D eigenvalue weighted by molar-refractivity contribution is 5.36. The molecule has 19 heavy (non-hydrogen) atoms. The van der Waals surface area contributed by atoms with Crippen molar-refractivity contribution >= 4 is 0 Å². The summed E-state index contributed by atoms with van der Waals surface area (Å²) in [5.41, 5.74) is 1.32. The van der Waals surface area contributed by atoms with Crippen LogP contribution in [0.3, 0.4) is 0 Å². The quantitative estimate of drug-likeness (QED) is 0.859. The molecule has 0 radical (unpaired) electrons. The van der Waals surface area contributed by atoms with Crippen LogP contribution in [0.2, 0.25) is 0 Å². The largest absolute Gasteiger partial charge is 0.496 e. The highest BCUT2D eigenvalue weighted by Gasteiger charge is 2.28. The van der Waals surface area contributed by atoms with Crippen LogP contribution >= 0.6 is 0 Å². The standard InChI is InChI=1S/C17H27NO/c1-4-18-17(14-9-7-8-13(2)12-14)15-10-5-6-11-16(15)19-3/h5-6,10-11,13-14,17-18H,4,7-9,12H2,1-3H3. The second kappa shape index (κ2) is 6.95. The molecule has 1 aliphatic carbocycles. The number of methoxy groups -OCH3 is 1. The number of hydrogen-bond acceptors (Lipinski definition) is 2. The molecule has 0 saturated heterocycles. The van der Waals surface area contributed by atoms with Gasteiger partial charge >= 0.3 is 0 Å². The van der Waals surface area contributed by atoms with Crippen LogP contribution in [0.5, 0.6) is 5.75 Å². The first-order chi connectivity index (χ1) is 9.26. The average molecular weight is 261 g/mol. The van der Waals surface area contributed by atoms with Gasteiger partial charge in [-0.2, -0.15) is 0 Å². The predicted molar refractivity (Wildman–Crippen MR) is 80.5 cm³/mol. The molecular formula is C17H27NO. The zero-order chi connectivity index (χ0) is 13.7. The van der Waals surface area contributed by atoms with Crippen LogP contribution in [-0.4, -0.2) is 13.7 Å². The molecule has 2 rings (SSSR count). The lowest BCUT2D eigenvalue weighted by Gasteiger charge is -2.34. The Morgan fingerprint density at radius 2 is 2.11 bits per heavy atom. The van der Waals surface area contributed by atoms with Gasteiger partial charge in [-0.25, -0.2) is 0 Å². The summed E-state index contributed by atoms with van der Waals surface area (Å²) in [7, 11) is 1.77. The van der Waals surface area contributed by atoms with Crippen LogP contribution in [0.15, 0.2) is 24.3 Å². The molecule has 0 aliphatic heterocycles. The van der Waals surface area contributed by atoms with Crippen molar-refractivity contribution in [1.82, 2.24) is 5.32 Å². The zero-order valence-corrected chi connectivity index (χ0v) is 12.5. The Balaban J connectivity index is 2.23. The molecule has 1 aromatic carbocycles. The summed E-state index contributed by atoms with van der Waals surface area (Å²) >= 11 is 0. The molecule has 0 aromatic heterocycles. The van der Waals surface area contributed by atoms with Gasteiger partial charge in [0.15, 0.2) is 0 Å². The molecule has 3 atom stereocenters. The SMILES string of the molecule is CCNC(c1ccccc1OC)C1CCCC(C)C1. The summed E-state index contributed by atoms with van der Waals surface area (Å²) in [4.78, 5) is 0. The summed E-state index contributed by atoms with van der Waals surface area (Å²) in [6.45, 7) is 5.58. The van der Waals surface area contributed by atoms with Crippen LogP contribution in [-0.2, 0) is 0 Å². The maximum absolute atomic E-state index is 5.55. The van der Waals surface area contributed by atoms with Gasteiger partial charge in [0.25, 0.3) is 0 Å². The molecule has 3 unspecified atom stereocenters. The van der Waals surface area contributed by atoms with Gasteiger partial charge in [0.1, 0.15) is 5.75 Å². The maximum Gasteiger partial charge on any atom is 0.123 e. The molecule has 1 fully saturated rings. The molecule has 1 aliphatic rings. The Labute approximate surface area is 117 Å². The van der Waals surface area contributed by atoms with Gasteiger partial charge in [-0.3, -0.25) is 0 Å². The Morgan fingerprint density at radius 1 is 1.32 bits per heavy atom. The minimum Gasteiger partial charge on any atom is -0.496 e. The number of para-hydroxylation sites is 1. The lowest BCUT2D eigenvalue weighted by Crippen LogP contribution is -2.31. The highest BCUT2D eigenvalue weighted by Crippen LogP contribution is 2.39. The van der Waals surface area contributed by atoms with E-state index in [4.69, 9.17) is 4.74 Å². The van der Waals surface area contributed by atoms with Gasteiger partial charge in [0.2, 0.25) is 0 Å². The molecule has 0 bridgehead atoms. The van der Waals surface area contributed by atoms with E-state index >= 15 is 0 Å². The van der Waals surface area contributed by atoms with Crippen molar-refractivity contribution in [3.63, 3.8) is 0 Å². The van der Waals surface area contributed by atoms with Crippen molar-refractivity contribution in [3.05, 3.63) is 29.8 Å². The lowest BCUT2D eigenvalue weighted by atomic mass is 9.76. The smallest absolute Gasteiger partial charge is 0.123 e. The fraction of sp³-hybridized carbons (Fsp3) is 0.647. The van der Waals surface area contributed by atoms with Crippen LogP contribution in [0.25, 0.3) is 0 Å². The number of ether oxygens (including phenoxy) is 1. The van der Waals surface area contributed by atoms with E-state index in [1.165, 1.54) is 31.2 Å². The first-order valence-corrected chi connectivity index (χ1v) is 7.62. The van der Waals surface area contributed by atoms with Crippen molar-refractivity contribution < 1.29 is 4.74 Å². The number of benzene rings is 1. The van der Waals surface area contributed by atoms with Crippen molar-refractivity contribution in [2.24, 2.45) is 11.8 Å². The first-order valence-electron chi connectivity index (χ1n) is 7.62.